The van der Waals surface area contributed by atoms with Gasteiger partial charge in [-0.1, -0.05) is 6.92 Å². The topological polar surface area (TPSA) is 55.6 Å². The molecule has 0 aromatic heterocycles. The van der Waals surface area contributed by atoms with E-state index in [4.69, 9.17) is 10.5 Å². The van der Waals surface area contributed by atoms with E-state index in [1.165, 1.54) is 0 Å². The molecular formula is C11H23ClN2O2. The minimum atomic E-state index is -0.0400. The maximum atomic E-state index is 11.9. The molecule has 16 heavy (non-hydrogen) atoms. The molecule has 3 unspecified atom stereocenters. The molecule has 1 heterocycles. The van der Waals surface area contributed by atoms with Gasteiger partial charge in [0.1, 0.15) is 0 Å². The highest BCUT2D eigenvalue weighted by Crippen LogP contribution is 2.20. The molecule has 5 heteroatoms. The summed E-state index contributed by atoms with van der Waals surface area (Å²) < 4.78 is 4.99. The van der Waals surface area contributed by atoms with Gasteiger partial charge in [-0.2, -0.15) is 0 Å². The van der Waals surface area contributed by atoms with Gasteiger partial charge in [0, 0.05) is 26.2 Å². The minimum Gasteiger partial charge on any atom is -0.384 e. The molecule has 1 saturated heterocycles. The zero-order valence-electron chi connectivity index (χ0n) is 10.3. The van der Waals surface area contributed by atoms with Gasteiger partial charge in [-0.25, -0.2) is 0 Å². The molecule has 0 aliphatic carbocycles. The van der Waals surface area contributed by atoms with Crippen molar-refractivity contribution in [2.24, 2.45) is 17.6 Å². The Morgan fingerprint density at radius 1 is 1.56 bits per heavy atom. The number of hydrogen-bond acceptors (Lipinski definition) is 3. The third kappa shape index (κ3) is 3.92. The Balaban J connectivity index is 0.00000225. The Hall–Kier alpha value is -0.320. The molecular weight excluding hydrogens is 228 g/mol. The lowest BCUT2D eigenvalue weighted by Gasteiger charge is -2.21. The Bertz CT molecular complexity index is 224. The molecule has 96 valence electrons. The van der Waals surface area contributed by atoms with Crippen molar-refractivity contribution < 1.29 is 9.53 Å². The lowest BCUT2D eigenvalue weighted by atomic mass is 10.0. The molecule has 1 aliphatic rings. The fourth-order valence-electron chi connectivity index (χ4n) is 2.05. The summed E-state index contributed by atoms with van der Waals surface area (Å²) in [4.78, 5) is 13.8. The fourth-order valence-corrected chi connectivity index (χ4v) is 2.05. The molecule has 1 amide bonds. The van der Waals surface area contributed by atoms with Crippen LogP contribution in [0.1, 0.15) is 20.3 Å². The van der Waals surface area contributed by atoms with Gasteiger partial charge >= 0.3 is 0 Å². The molecule has 0 bridgehead atoms. The first-order chi connectivity index (χ1) is 7.06. The van der Waals surface area contributed by atoms with Gasteiger partial charge in [0.2, 0.25) is 5.91 Å². The standard InChI is InChI=1S/C11H22N2O2.ClH/c1-8(7-15-3)11(14)13-5-4-10(6-13)9(2)12;/h8-10H,4-7,12H2,1-3H3;1H. The van der Waals surface area contributed by atoms with Crippen LogP contribution in [0, 0.1) is 11.8 Å². The fraction of sp³-hybridized carbons (Fsp3) is 0.909. The number of carbonyl (C=O) groups excluding carboxylic acids is 1. The van der Waals surface area contributed by atoms with E-state index in [0.29, 0.717) is 12.5 Å². The van der Waals surface area contributed by atoms with Gasteiger partial charge in [0.05, 0.1) is 12.5 Å². The van der Waals surface area contributed by atoms with Crippen LogP contribution in [0.5, 0.6) is 0 Å². The molecule has 1 rings (SSSR count). The summed E-state index contributed by atoms with van der Waals surface area (Å²) in [7, 11) is 1.62. The number of nitrogens with zero attached hydrogens (tertiary/aromatic N) is 1. The number of nitrogens with two attached hydrogens (primary N) is 1. The zero-order valence-corrected chi connectivity index (χ0v) is 11.1. The maximum absolute atomic E-state index is 11.9. The van der Waals surface area contributed by atoms with Crippen molar-refractivity contribution in [3.63, 3.8) is 0 Å². The SMILES string of the molecule is COCC(C)C(=O)N1CCC(C(C)N)C1.Cl. The zero-order chi connectivity index (χ0) is 11.4. The highest BCUT2D eigenvalue weighted by Gasteiger charge is 2.30. The van der Waals surface area contributed by atoms with E-state index < -0.39 is 0 Å². The first-order valence-electron chi connectivity index (χ1n) is 5.59. The lowest BCUT2D eigenvalue weighted by Crippen LogP contribution is -2.37. The van der Waals surface area contributed by atoms with Crippen LogP contribution in [0.2, 0.25) is 0 Å². The van der Waals surface area contributed by atoms with Crippen LogP contribution in [0.4, 0.5) is 0 Å². The number of carbonyl (C=O) groups is 1. The van der Waals surface area contributed by atoms with E-state index in [1.807, 2.05) is 18.7 Å². The van der Waals surface area contributed by atoms with Crippen molar-refractivity contribution in [2.45, 2.75) is 26.3 Å². The molecule has 3 atom stereocenters. The van der Waals surface area contributed by atoms with Gasteiger partial charge in [0.15, 0.2) is 0 Å². The number of amides is 1. The summed E-state index contributed by atoms with van der Waals surface area (Å²) in [6, 6.07) is 0.181. The highest BCUT2D eigenvalue weighted by molar-refractivity contribution is 5.85. The molecule has 0 radical (unpaired) electrons. The van der Waals surface area contributed by atoms with Crippen molar-refractivity contribution >= 4 is 18.3 Å². The Kier molecular flexibility index (Phi) is 6.95. The van der Waals surface area contributed by atoms with Crippen LogP contribution in [-0.4, -0.2) is 43.7 Å². The van der Waals surface area contributed by atoms with E-state index in [2.05, 4.69) is 0 Å². The second kappa shape index (κ2) is 7.09. The van der Waals surface area contributed by atoms with Crippen LogP contribution in [0.3, 0.4) is 0 Å². The van der Waals surface area contributed by atoms with Crippen LogP contribution in [-0.2, 0) is 9.53 Å². The summed E-state index contributed by atoms with van der Waals surface area (Å²) in [6.45, 7) is 6.07. The maximum Gasteiger partial charge on any atom is 0.227 e. The number of likely N-dealkylation sites (tertiary alicyclic amines) is 1. The van der Waals surface area contributed by atoms with Crippen LogP contribution in [0.15, 0.2) is 0 Å². The minimum absolute atomic E-state index is 0. The summed E-state index contributed by atoms with van der Waals surface area (Å²) in [5.74, 6) is 0.616. The van der Waals surface area contributed by atoms with Crippen molar-refractivity contribution in [3.8, 4) is 0 Å². The number of halogens is 1. The smallest absolute Gasteiger partial charge is 0.227 e. The Labute approximate surface area is 104 Å². The van der Waals surface area contributed by atoms with Gasteiger partial charge in [-0.05, 0) is 19.3 Å². The molecule has 1 fully saturated rings. The third-order valence-corrected chi connectivity index (χ3v) is 3.12. The van der Waals surface area contributed by atoms with Gasteiger partial charge in [0.25, 0.3) is 0 Å². The average Bonchev–Trinajstić information content (AvgIpc) is 2.65. The quantitative estimate of drug-likeness (QED) is 0.806. The monoisotopic (exact) mass is 250 g/mol. The lowest BCUT2D eigenvalue weighted by molar-refractivity contribution is -0.135. The first-order valence-corrected chi connectivity index (χ1v) is 5.59. The number of ether oxygens (including phenoxy) is 1. The van der Waals surface area contributed by atoms with Crippen molar-refractivity contribution in [1.29, 1.82) is 0 Å². The van der Waals surface area contributed by atoms with Crippen LogP contribution >= 0.6 is 12.4 Å². The summed E-state index contributed by atoms with van der Waals surface area (Å²) in [5, 5.41) is 0. The van der Waals surface area contributed by atoms with E-state index in [-0.39, 0.29) is 30.3 Å². The predicted octanol–water partition coefficient (Wildman–Crippen LogP) is 0.886. The van der Waals surface area contributed by atoms with Crippen LogP contribution < -0.4 is 5.73 Å². The number of methoxy groups -OCH3 is 1. The Morgan fingerprint density at radius 2 is 2.19 bits per heavy atom. The molecule has 2 N–H and O–H groups in total. The third-order valence-electron chi connectivity index (χ3n) is 3.12. The summed E-state index contributed by atoms with van der Waals surface area (Å²) >= 11 is 0. The van der Waals surface area contributed by atoms with Gasteiger partial charge in [-0.15, -0.1) is 12.4 Å². The normalized spacial score (nSPS) is 23.8. The second-order valence-electron chi connectivity index (χ2n) is 4.55. The van der Waals surface area contributed by atoms with Gasteiger partial charge in [-0.3, -0.25) is 4.79 Å². The molecule has 0 aromatic rings. The van der Waals surface area contributed by atoms with Crippen molar-refractivity contribution in [1.82, 2.24) is 4.90 Å². The largest absolute Gasteiger partial charge is 0.384 e. The Morgan fingerprint density at radius 3 is 2.62 bits per heavy atom. The number of hydrogen-bond donors (Lipinski definition) is 1. The van der Waals surface area contributed by atoms with Crippen molar-refractivity contribution in [3.05, 3.63) is 0 Å². The molecule has 1 aliphatic heterocycles. The highest BCUT2D eigenvalue weighted by atomic mass is 35.5. The van der Waals surface area contributed by atoms with Crippen molar-refractivity contribution in [2.75, 3.05) is 26.8 Å². The molecule has 4 nitrogen and oxygen atoms in total. The number of rotatable bonds is 4. The molecule has 0 spiro atoms. The van der Waals surface area contributed by atoms with E-state index in [1.54, 1.807) is 7.11 Å². The van der Waals surface area contributed by atoms with Crippen LogP contribution in [0.25, 0.3) is 0 Å². The van der Waals surface area contributed by atoms with E-state index in [9.17, 15) is 4.79 Å². The average molecular weight is 251 g/mol. The predicted molar refractivity (Wildman–Crippen MR) is 66.6 cm³/mol. The summed E-state index contributed by atoms with van der Waals surface area (Å²) in [5.41, 5.74) is 5.83. The second-order valence-corrected chi connectivity index (χ2v) is 4.55. The summed E-state index contributed by atoms with van der Waals surface area (Å²) in [6.07, 6.45) is 1.03. The molecule has 0 aromatic carbocycles. The van der Waals surface area contributed by atoms with E-state index >= 15 is 0 Å². The molecule has 0 saturated carbocycles. The first kappa shape index (κ1) is 15.7. The van der Waals surface area contributed by atoms with E-state index in [0.717, 1.165) is 19.5 Å². The van der Waals surface area contributed by atoms with Gasteiger partial charge < -0.3 is 15.4 Å².